The molecule has 0 aromatic heterocycles. The van der Waals surface area contributed by atoms with Gasteiger partial charge in [-0.05, 0) is 98.2 Å². The summed E-state index contributed by atoms with van der Waals surface area (Å²) in [7, 11) is 0. The van der Waals surface area contributed by atoms with Gasteiger partial charge in [0.25, 0.3) is 0 Å². The van der Waals surface area contributed by atoms with Crippen molar-refractivity contribution >= 4 is 0 Å². The van der Waals surface area contributed by atoms with Crippen LogP contribution in [0.3, 0.4) is 0 Å². The van der Waals surface area contributed by atoms with Crippen LogP contribution in [0.5, 0.6) is 0 Å². The van der Waals surface area contributed by atoms with Crippen LogP contribution in [0.1, 0.15) is 98.3 Å². The maximum Gasteiger partial charge on any atom is -0.0263 e. The first-order valence-corrected chi connectivity index (χ1v) is 11.2. The van der Waals surface area contributed by atoms with Gasteiger partial charge < -0.3 is 0 Å². The van der Waals surface area contributed by atoms with Crippen molar-refractivity contribution in [1.82, 2.24) is 0 Å². The first-order chi connectivity index (χ1) is 11.6. The molecule has 0 amide bonds. The zero-order chi connectivity index (χ0) is 17.4. The van der Waals surface area contributed by atoms with E-state index < -0.39 is 0 Å². The fourth-order valence-corrected chi connectivity index (χ4v) is 7.99. The minimum absolute atomic E-state index is 0.646. The Morgan fingerprint density at radius 3 is 2.33 bits per heavy atom. The van der Waals surface area contributed by atoms with Crippen molar-refractivity contribution in [3.05, 3.63) is 12.7 Å². The van der Waals surface area contributed by atoms with E-state index in [4.69, 9.17) is 0 Å². The van der Waals surface area contributed by atoms with E-state index in [1.54, 1.807) is 25.7 Å². The fraction of sp³-hybridized carbons (Fsp3) is 0.917. The van der Waals surface area contributed by atoms with Crippen LogP contribution in [-0.4, -0.2) is 0 Å². The highest BCUT2D eigenvalue weighted by atomic mass is 14.6. The lowest BCUT2D eigenvalue weighted by molar-refractivity contribution is -0.110. The summed E-state index contributed by atoms with van der Waals surface area (Å²) in [6.07, 6.45) is 18.7. The second-order valence-corrected chi connectivity index (χ2v) is 9.75. The van der Waals surface area contributed by atoms with E-state index in [0.29, 0.717) is 10.8 Å². The van der Waals surface area contributed by atoms with Gasteiger partial charge in [-0.25, -0.2) is 0 Å². The zero-order valence-electron chi connectivity index (χ0n) is 16.9. The lowest BCUT2D eigenvalue weighted by atomic mass is 9.45. The molecule has 0 heteroatoms. The third-order valence-electron chi connectivity index (χ3n) is 9.23. The Balaban J connectivity index is 0.000000815. The lowest BCUT2D eigenvalue weighted by Gasteiger charge is -2.60. The van der Waals surface area contributed by atoms with E-state index in [1.165, 1.54) is 44.9 Å². The summed E-state index contributed by atoms with van der Waals surface area (Å²) in [6, 6.07) is 0. The molecular formula is C24H42. The van der Waals surface area contributed by atoms with E-state index in [0.717, 1.165) is 29.6 Å². The van der Waals surface area contributed by atoms with Crippen molar-refractivity contribution in [2.45, 2.75) is 98.3 Å². The van der Waals surface area contributed by atoms with Gasteiger partial charge in [-0.2, -0.15) is 0 Å². The normalized spacial score (nSPS) is 49.9. The molecule has 4 rings (SSSR count). The number of rotatable bonds is 2. The first kappa shape index (κ1) is 18.5. The summed E-state index contributed by atoms with van der Waals surface area (Å²) in [4.78, 5) is 0. The molecule has 4 aliphatic rings. The molecule has 0 aliphatic heterocycles. The Morgan fingerprint density at radius 2 is 1.58 bits per heavy atom. The van der Waals surface area contributed by atoms with Crippen LogP contribution in [0.2, 0.25) is 0 Å². The van der Waals surface area contributed by atoms with Crippen LogP contribution >= 0.6 is 0 Å². The lowest BCUT2D eigenvalue weighted by Crippen LogP contribution is -2.52. The van der Waals surface area contributed by atoms with Crippen molar-refractivity contribution in [2.24, 2.45) is 40.4 Å². The van der Waals surface area contributed by atoms with Gasteiger partial charge >= 0.3 is 0 Å². The molecular weight excluding hydrogens is 288 g/mol. The standard InChI is InChI=1S/C22H36.C2H6/c1-4-7-16-10-12-19-18-11-9-17-8-5-6-14-21(17,2)20(18)13-15-22(16,19)3;1-2/h4,16-20H,1,5-15H2,2-3H3;1-2H3. The zero-order valence-corrected chi connectivity index (χ0v) is 16.9. The molecule has 7 unspecified atom stereocenters. The van der Waals surface area contributed by atoms with Crippen LogP contribution in [0.25, 0.3) is 0 Å². The molecule has 4 saturated carbocycles. The molecule has 0 N–H and O–H groups in total. The summed E-state index contributed by atoms with van der Waals surface area (Å²) >= 11 is 0. The molecule has 4 fully saturated rings. The smallest absolute Gasteiger partial charge is 0.0263 e. The largest absolute Gasteiger partial charge is 0.103 e. The van der Waals surface area contributed by atoms with E-state index >= 15 is 0 Å². The predicted molar refractivity (Wildman–Crippen MR) is 106 cm³/mol. The van der Waals surface area contributed by atoms with Gasteiger partial charge in [-0.3, -0.25) is 0 Å². The Bertz CT molecular complexity index is 437. The van der Waals surface area contributed by atoms with E-state index in [9.17, 15) is 0 Å². The molecule has 7 atom stereocenters. The van der Waals surface area contributed by atoms with E-state index in [-0.39, 0.29) is 0 Å². The van der Waals surface area contributed by atoms with Gasteiger partial charge in [0, 0.05) is 0 Å². The summed E-state index contributed by atoms with van der Waals surface area (Å²) in [5.41, 5.74) is 1.35. The van der Waals surface area contributed by atoms with Crippen LogP contribution in [-0.2, 0) is 0 Å². The summed E-state index contributed by atoms with van der Waals surface area (Å²) in [5.74, 6) is 5.17. The van der Waals surface area contributed by atoms with Gasteiger partial charge in [0.2, 0.25) is 0 Å². The highest BCUT2D eigenvalue weighted by molar-refractivity contribution is 5.09. The molecule has 138 valence electrons. The van der Waals surface area contributed by atoms with Gasteiger partial charge in [0.05, 0.1) is 0 Å². The molecule has 0 aromatic rings. The first-order valence-electron chi connectivity index (χ1n) is 11.2. The van der Waals surface area contributed by atoms with Crippen LogP contribution < -0.4 is 0 Å². The molecule has 0 heterocycles. The molecule has 0 bridgehead atoms. The third-order valence-corrected chi connectivity index (χ3v) is 9.23. The molecule has 0 spiro atoms. The summed E-state index contributed by atoms with van der Waals surface area (Å²) in [5, 5.41) is 0. The van der Waals surface area contributed by atoms with Crippen molar-refractivity contribution in [3.8, 4) is 0 Å². The molecule has 24 heavy (non-hydrogen) atoms. The van der Waals surface area contributed by atoms with E-state index in [1.807, 2.05) is 13.8 Å². The quantitative estimate of drug-likeness (QED) is 0.456. The SMILES string of the molecule is C=CCC1CCC2C3CCC4CCCCC4(C)C3CCC12C.CC. The monoisotopic (exact) mass is 330 g/mol. The molecule has 0 nitrogen and oxygen atoms in total. The van der Waals surface area contributed by atoms with Crippen LogP contribution in [0.15, 0.2) is 12.7 Å². The van der Waals surface area contributed by atoms with Gasteiger partial charge in [-0.1, -0.05) is 46.6 Å². The maximum absolute atomic E-state index is 4.04. The van der Waals surface area contributed by atoms with Crippen molar-refractivity contribution < 1.29 is 0 Å². The molecule has 4 aliphatic carbocycles. The third kappa shape index (κ3) is 2.71. The number of hydrogen-bond donors (Lipinski definition) is 0. The fourth-order valence-electron chi connectivity index (χ4n) is 7.99. The Kier molecular flexibility index (Phi) is 5.53. The number of fused-ring (bicyclic) bond motifs is 5. The maximum atomic E-state index is 4.04. The Labute approximate surface area is 151 Å². The van der Waals surface area contributed by atoms with Gasteiger partial charge in [0.1, 0.15) is 0 Å². The Morgan fingerprint density at radius 1 is 0.833 bits per heavy atom. The average molecular weight is 331 g/mol. The summed E-state index contributed by atoms with van der Waals surface area (Å²) < 4.78 is 0. The second kappa shape index (κ2) is 7.16. The highest BCUT2D eigenvalue weighted by Gasteiger charge is 2.59. The predicted octanol–water partition coefficient (Wildman–Crippen LogP) is 7.64. The highest BCUT2D eigenvalue weighted by Crippen LogP contribution is 2.67. The van der Waals surface area contributed by atoms with Crippen molar-refractivity contribution in [3.63, 3.8) is 0 Å². The molecule has 0 radical (unpaired) electrons. The van der Waals surface area contributed by atoms with E-state index in [2.05, 4.69) is 26.5 Å². The molecule has 0 saturated heterocycles. The minimum Gasteiger partial charge on any atom is -0.103 e. The van der Waals surface area contributed by atoms with Gasteiger partial charge in [-0.15, -0.1) is 6.58 Å². The van der Waals surface area contributed by atoms with Crippen molar-refractivity contribution in [2.75, 3.05) is 0 Å². The second-order valence-electron chi connectivity index (χ2n) is 9.75. The van der Waals surface area contributed by atoms with Gasteiger partial charge in [0.15, 0.2) is 0 Å². The number of allylic oxidation sites excluding steroid dienone is 1. The average Bonchev–Trinajstić information content (AvgIpc) is 2.93. The van der Waals surface area contributed by atoms with Crippen molar-refractivity contribution in [1.29, 1.82) is 0 Å². The minimum atomic E-state index is 0.646. The summed E-state index contributed by atoms with van der Waals surface area (Å²) in [6.45, 7) is 13.4. The van der Waals surface area contributed by atoms with Crippen LogP contribution in [0.4, 0.5) is 0 Å². The molecule has 0 aromatic carbocycles. The number of hydrogen-bond acceptors (Lipinski definition) is 0. The van der Waals surface area contributed by atoms with Crippen LogP contribution in [0, 0.1) is 40.4 Å². The topological polar surface area (TPSA) is 0 Å². The Hall–Kier alpha value is -0.260.